The Hall–Kier alpha value is -2.41. The number of rotatable bonds is 3. The third-order valence-electron chi connectivity index (χ3n) is 2.99. The van der Waals surface area contributed by atoms with Crippen LogP contribution in [0.3, 0.4) is 0 Å². The quantitative estimate of drug-likeness (QED) is 0.751. The minimum Gasteiger partial charge on any atom is -0.391 e. The van der Waals surface area contributed by atoms with Crippen molar-refractivity contribution in [2.24, 2.45) is 0 Å². The van der Waals surface area contributed by atoms with E-state index in [4.69, 9.17) is 11.5 Å². The Balaban J connectivity index is 1.90. The van der Waals surface area contributed by atoms with Crippen molar-refractivity contribution in [3.05, 3.63) is 51.3 Å². The first-order chi connectivity index (χ1) is 9.65. The fourth-order valence-corrected chi connectivity index (χ4v) is 2.80. The van der Waals surface area contributed by atoms with Gasteiger partial charge in [0, 0.05) is 6.42 Å². The molecule has 0 aliphatic heterocycles. The summed E-state index contributed by atoms with van der Waals surface area (Å²) in [6.07, 6.45) is 1.61. The molecular formula is C13H13N5OS. The molecule has 6 nitrogen and oxygen atoms in total. The Kier molecular flexibility index (Phi) is 3.11. The van der Waals surface area contributed by atoms with Gasteiger partial charge in [0.25, 0.3) is 0 Å². The molecule has 20 heavy (non-hydrogen) atoms. The fraction of sp³-hybridized carbons (Fsp3) is 0.154. The molecule has 0 aliphatic rings. The van der Waals surface area contributed by atoms with Crippen molar-refractivity contribution in [3.8, 4) is 0 Å². The van der Waals surface area contributed by atoms with Crippen molar-refractivity contribution in [2.75, 3.05) is 11.5 Å². The molecule has 0 saturated heterocycles. The maximum atomic E-state index is 11.9. The minimum atomic E-state index is -0.408. The molecule has 3 aromatic rings. The zero-order valence-electron chi connectivity index (χ0n) is 10.6. The molecule has 0 atom stereocenters. The second-order valence-corrected chi connectivity index (χ2v) is 5.43. The Morgan fingerprint density at radius 3 is 2.65 bits per heavy atom. The van der Waals surface area contributed by atoms with Crippen molar-refractivity contribution >= 4 is 27.8 Å². The summed E-state index contributed by atoms with van der Waals surface area (Å²) in [5.41, 5.74) is 11.9. The van der Waals surface area contributed by atoms with Gasteiger partial charge in [-0.1, -0.05) is 41.7 Å². The van der Waals surface area contributed by atoms with Gasteiger partial charge in [0.05, 0.1) is 0 Å². The molecule has 102 valence electrons. The van der Waals surface area contributed by atoms with Gasteiger partial charge in [-0.05, 0) is 12.0 Å². The number of hydrogen-bond donors (Lipinski definition) is 2. The van der Waals surface area contributed by atoms with Crippen LogP contribution in [0.4, 0.5) is 11.5 Å². The lowest BCUT2D eigenvalue weighted by Gasteiger charge is -1.97. The number of benzene rings is 1. The van der Waals surface area contributed by atoms with Gasteiger partial charge in [0.2, 0.25) is 4.96 Å². The zero-order valence-corrected chi connectivity index (χ0v) is 11.4. The van der Waals surface area contributed by atoms with E-state index < -0.39 is 5.56 Å². The molecule has 1 aromatic carbocycles. The van der Waals surface area contributed by atoms with Gasteiger partial charge in [-0.3, -0.25) is 4.79 Å². The highest BCUT2D eigenvalue weighted by Gasteiger charge is 2.12. The average Bonchev–Trinajstić information content (AvgIpc) is 2.87. The first-order valence-electron chi connectivity index (χ1n) is 6.13. The molecule has 7 heteroatoms. The molecule has 0 radical (unpaired) electrons. The van der Waals surface area contributed by atoms with Gasteiger partial charge in [-0.2, -0.15) is 14.6 Å². The lowest BCUT2D eigenvalue weighted by molar-refractivity contribution is 0.837. The molecule has 0 fully saturated rings. The molecule has 0 saturated carbocycles. The lowest BCUT2D eigenvalue weighted by Crippen LogP contribution is -2.21. The highest BCUT2D eigenvalue weighted by Crippen LogP contribution is 2.16. The Bertz CT molecular complexity index is 809. The summed E-state index contributed by atoms with van der Waals surface area (Å²) in [5, 5.41) is 5.09. The average molecular weight is 287 g/mol. The predicted molar refractivity (Wildman–Crippen MR) is 79.8 cm³/mol. The van der Waals surface area contributed by atoms with Crippen LogP contribution in [-0.2, 0) is 12.8 Å². The van der Waals surface area contributed by atoms with Crippen molar-refractivity contribution < 1.29 is 0 Å². The van der Waals surface area contributed by atoms with Gasteiger partial charge in [0.15, 0.2) is 5.82 Å². The van der Waals surface area contributed by atoms with Gasteiger partial charge in [0.1, 0.15) is 10.7 Å². The van der Waals surface area contributed by atoms with Crippen molar-refractivity contribution in [1.82, 2.24) is 14.6 Å². The number of aromatic nitrogens is 3. The first-order valence-corrected chi connectivity index (χ1v) is 6.94. The van der Waals surface area contributed by atoms with E-state index in [1.54, 1.807) is 0 Å². The summed E-state index contributed by atoms with van der Waals surface area (Å²) in [6.45, 7) is 0. The van der Waals surface area contributed by atoms with Crippen LogP contribution in [0.15, 0.2) is 35.1 Å². The Morgan fingerprint density at radius 2 is 1.90 bits per heavy atom. The molecule has 0 spiro atoms. The van der Waals surface area contributed by atoms with Crippen molar-refractivity contribution in [3.63, 3.8) is 0 Å². The third kappa shape index (κ3) is 2.23. The van der Waals surface area contributed by atoms with E-state index in [9.17, 15) is 4.79 Å². The monoisotopic (exact) mass is 287 g/mol. The third-order valence-corrected chi connectivity index (χ3v) is 3.96. The summed E-state index contributed by atoms with van der Waals surface area (Å²) in [7, 11) is 0. The van der Waals surface area contributed by atoms with E-state index in [0.29, 0.717) is 4.96 Å². The summed E-state index contributed by atoms with van der Waals surface area (Å²) in [4.78, 5) is 16.5. The van der Waals surface area contributed by atoms with E-state index in [1.807, 2.05) is 18.2 Å². The number of anilines is 2. The van der Waals surface area contributed by atoms with Gasteiger partial charge in [-0.15, -0.1) is 0 Å². The SMILES string of the molecule is Nc1nc2sc(CCc3ccccc3)nn2c(=O)c1N. The van der Waals surface area contributed by atoms with Crippen LogP contribution >= 0.6 is 11.3 Å². The maximum absolute atomic E-state index is 11.9. The first kappa shape index (κ1) is 12.6. The van der Waals surface area contributed by atoms with Crippen molar-refractivity contribution in [2.45, 2.75) is 12.8 Å². The zero-order chi connectivity index (χ0) is 14.1. The number of hydrogen-bond acceptors (Lipinski definition) is 6. The van der Waals surface area contributed by atoms with Crippen molar-refractivity contribution in [1.29, 1.82) is 0 Å². The molecule has 0 unspecified atom stereocenters. The predicted octanol–water partition coefficient (Wildman–Crippen LogP) is 1.10. The second kappa shape index (κ2) is 4.93. The van der Waals surface area contributed by atoms with Gasteiger partial charge >= 0.3 is 5.56 Å². The van der Waals surface area contributed by atoms with Gasteiger partial charge in [-0.25, -0.2) is 0 Å². The molecule has 0 amide bonds. The highest BCUT2D eigenvalue weighted by atomic mass is 32.1. The van der Waals surface area contributed by atoms with Crippen LogP contribution in [0, 0.1) is 0 Å². The number of fused-ring (bicyclic) bond motifs is 1. The molecular weight excluding hydrogens is 274 g/mol. The van der Waals surface area contributed by atoms with Crippen LogP contribution in [0.2, 0.25) is 0 Å². The molecule has 0 bridgehead atoms. The lowest BCUT2D eigenvalue weighted by atomic mass is 10.1. The van der Waals surface area contributed by atoms with Crippen LogP contribution in [0.25, 0.3) is 4.96 Å². The van der Waals surface area contributed by atoms with Crippen LogP contribution < -0.4 is 17.0 Å². The van der Waals surface area contributed by atoms with Crippen LogP contribution in [-0.4, -0.2) is 14.6 Å². The molecule has 3 rings (SSSR count). The number of nitrogen functional groups attached to an aromatic ring is 2. The number of aryl methyl sites for hydroxylation is 2. The summed E-state index contributed by atoms with van der Waals surface area (Å²) in [6, 6.07) is 10.1. The minimum absolute atomic E-state index is 0.0533. The second-order valence-electron chi connectivity index (χ2n) is 4.39. The summed E-state index contributed by atoms with van der Waals surface area (Å²) >= 11 is 1.36. The summed E-state index contributed by atoms with van der Waals surface area (Å²) in [5.74, 6) is 0.0632. The highest BCUT2D eigenvalue weighted by molar-refractivity contribution is 7.16. The molecule has 2 heterocycles. The van der Waals surface area contributed by atoms with E-state index in [2.05, 4.69) is 22.2 Å². The molecule has 0 aliphatic carbocycles. The number of nitrogens with zero attached hydrogens (tertiary/aromatic N) is 3. The van der Waals surface area contributed by atoms with Crippen LogP contribution in [0.1, 0.15) is 10.6 Å². The van der Waals surface area contributed by atoms with E-state index in [0.717, 1.165) is 17.8 Å². The van der Waals surface area contributed by atoms with E-state index >= 15 is 0 Å². The molecule has 2 aromatic heterocycles. The van der Waals surface area contributed by atoms with Crippen LogP contribution in [0.5, 0.6) is 0 Å². The normalized spacial score (nSPS) is 11.0. The van der Waals surface area contributed by atoms with Gasteiger partial charge < -0.3 is 11.5 Å². The van der Waals surface area contributed by atoms with E-state index in [1.165, 1.54) is 21.4 Å². The fourth-order valence-electron chi connectivity index (χ4n) is 1.91. The maximum Gasteiger partial charge on any atom is 0.300 e. The molecule has 4 N–H and O–H groups in total. The largest absolute Gasteiger partial charge is 0.391 e. The Labute approximate surface area is 118 Å². The number of nitrogens with two attached hydrogens (primary N) is 2. The Morgan fingerprint density at radius 1 is 1.15 bits per heavy atom. The summed E-state index contributed by atoms with van der Waals surface area (Å²) < 4.78 is 1.22. The topological polar surface area (TPSA) is 99.3 Å². The smallest absolute Gasteiger partial charge is 0.300 e. The standard InChI is InChI=1S/C13H13N5OS/c14-10-11(15)16-13-18(12(10)19)17-9(20-13)7-6-8-4-2-1-3-5-8/h1-5H,6-7,14-15H2. The van der Waals surface area contributed by atoms with E-state index in [-0.39, 0.29) is 11.5 Å².